The van der Waals surface area contributed by atoms with Gasteiger partial charge in [-0.15, -0.1) is 0 Å². The van der Waals surface area contributed by atoms with Crippen LogP contribution >= 0.6 is 11.8 Å². The van der Waals surface area contributed by atoms with Crippen molar-refractivity contribution in [1.82, 2.24) is 9.97 Å². The number of ether oxygens (including phenoxy) is 2. The standard InChI is InChI=1S/C18H21N3O4S/c1-4-7-26-18-20-16-15(17(23)21-18)12(9-14(22)19-16)11-8-10(24-2)5-6-13(11)25-3/h5-6,8,12H,4,7,9H2,1-3H3,(H2,19,20,21,22,23)/t12-/m0/s1. The number of anilines is 1. The van der Waals surface area contributed by atoms with Crippen molar-refractivity contribution in [2.24, 2.45) is 0 Å². The topological polar surface area (TPSA) is 93.3 Å². The van der Waals surface area contributed by atoms with E-state index in [1.165, 1.54) is 11.8 Å². The highest BCUT2D eigenvalue weighted by Gasteiger charge is 2.33. The highest BCUT2D eigenvalue weighted by Crippen LogP contribution is 2.40. The van der Waals surface area contributed by atoms with Gasteiger partial charge in [0.05, 0.1) is 19.8 Å². The van der Waals surface area contributed by atoms with Crippen molar-refractivity contribution in [3.05, 3.63) is 39.7 Å². The monoisotopic (exact) mass is 375 g/mol. The Hall–Kier alpha value is -2.48. The predicted molar refractivity (Wildman–Crippen MR) is 101 cm³/mol. The summed E-state index contributed by atoms with van der Waals surface area (Å²) in [6, 6.07) is 5.34. The molecule has 8 heteroatoms. The third-order valence-corrected chi connectivity index (χ3v) is 5.26. The molecule has 3 rings (SSSR count). The van der Waals surface area contributed by atoms with Crippen LogP contribution in [0.3, 0.4) is 0 Å². The molecule has 2 aromatic rings. The number of hydrogen-bond acceptors (Lipinski definition) is 6. The van der Waals surface area contributed by atoms with Crippen LogP contribution in [0.15, 0.2) is 28.2 Å². The lowest BCUT2D eigenvalue weighted by atomic mass is 9.86. The minimum absolute atomic E-state index is 0.142. The van der Waals surface area contributed by atoms with Crippen LogP contribution in [0.5, 0.6) is 11.5 Å². The highest BCUT2D eigenvalue weighted by atomic mass is 32.2. The van der Waals surface area contributed by atoms with Gasteiger partial charge in [0.15, 0.2) is 5.16 Å². The molecular weight excluding hydrogens is 354 g/mol. The number of benzene rings is 1. The number of aromatic amines is 1. The zero-order chi connectivity index (χ0) is 18.7. The van der Waals surface area contributed by atoms with E-state index in [0.717, 1.165) is 17.7 Å². The van der Waals surface area contributed by atoms with Gasteiger partial charge in [0, 0.05) is 23.7 Å². The van der Waals surface area contributed by atoms with Crippen LogP contribution in [0.2, 0.25) is 0 Å². The molecule has 0 unspecified atom stereocenters. The maximum atomic E-state index is 12.8. The van der Waals surface area contributed by atoms with Crippen LogP contribution in [0.1, 0.15) is 36.8 Å². The maximum Gasteiger partial charge on any atom is 0.257 e. The first-order chi connectivity index (χ1) is 12.6. The van der Waals surface area contributed by atoms with E-state index < -0.39 is 5.92 Å². The zero-order valence-electron chi connectivity index (χ0n) is 14.9. The summed E-state index contributed by atoms with van der Waals surface area (Å²) in [7, 11) is 3.13. The number of methoxy groups -OCH3 is 2. The lowest BCUT2D eigenvalue weighted by molar-refractivity contribution is -0.116. The molecule has 0 saturated heterocycles. The van der Waals surface area contributed by atoms with Gasteiger partial charge in [0.1, 0.15) is 17.3 Å². The van der Waals surface area contributed by atoms with Gasteiger partial charge in [-0.05, 0) is 24.6 Å². The molecule has 26 heavy (non-hydrogen) atoms. The fraction of sp³-hybridized carbons (Fsp3) is 0.389. The third kappa shape index (κ3) is 3.55. The molecule has 138 valence electrons. The summed E-state index contributed by atoms with van der Waals surface area (Å²) < 4.78 is 10.7. The van der Waals surface area contributed by atoms with Crippen LogP contribution < -0.4 is 20.3 Å². The summed E-state index contributed by atoms with van der Waals surface area (Å²) in [5.74, 6) is 1.75. The van der Waals surface area contributed by atoms with Crippen molar-refractivity contribution in [2.45, 2.75) is 30.8 Å². The van der Waals surface area contributed by atoms with Crippen LogP contribution in [0, 0.1) is 0 Å². The van der Waals surface area contributed by atoms with E-state index in [4.69, 9.17) is 9.47 Å². The molecule has 1 aliphatic heterocycles. The Morgan fingerprint density at radius 2 is 2.08 bits per heavy atom. The van der Waals surface area contributed by atoms with Gasteiger partial charge in [-0.2, -0.15) is 0 Å². The first-order valence-electron chi connectivity index (χ1n) is 8.36. The lowest BCUT2D eigenvalue weighted by Crippen LogP contribution is -2.31. The molecule has 1 amide bonds. The first-order valence-corrected chi connectivity index (χ1v) is 9.34. The SMILES string of the molecule is CCCSc1nc2c(c(=O)[nH]1)[C@H](c1cc(OC)ccc1OC)CC(=O)N2. The molecule has 2 N–H and O–H groups in total. The lowest BCUT2D eigenvalue weighted by Gasteiger charge is -2.26. The normalized spacial score (nSPS) is 16.0. The van der Waals surface area contributed by atoms with Crippen LogP contribution in [0.25, 0.3) is 0 Å². The van der Waals surface area contributed by atoms with Gasteiger partial charge in [-0.25, -0.2) is 4.98 Å². The highest BCUT2D eigenvalue weighted by molar-refractivity contribution is 7.99. The Labute approximate surface area is 155 Å². The number of aromatic nitrogens is 2. The number of nitrogens with one attached hydrogen (secondary N) is 2. The largest absolute Gasteiger partial charge is 0.497 e. The van der Waals surface area contributed by atoms with Gasteiger partial charge in [-0.3, -0.25) is 9.59 Å². The number of rotatable bonds is 6. The number of thioether (sulfide) groups is 1. The minimum atomic E-state index is -0.453. The molecule has 1 aromatic carbocycles. The number of H-pyrrole nitrogens is 1. The number of fused-ring (bicyclic) bond motifs is 1. The first kappa shape index (κ1) is 18.3. The molecule has 1 atom stereocenters. The fourth-order valence-electron chi connectivity index (χ4n) is 3.00. The average Bonchev–Trinajstić information content (AvgIpc) is 2.64. The second kappa shape index (κ2) is 7.82. The average molecular weight is 375 g/mol. The molecule has 0 spiro atoms. The smallest absolute Gasteiger partial charge is 0.257 e. The van der Waals surface area contributed by atoms with Crippen LogP contribution in [0.4, 0.5) is 5.82 Å². The van der Waals surface area contributed by atoms with E-state index in [-0.39, 0.29) is 17.9 Å². The van der Waals surface area contributed by atoms with E-state index in [1.807, 2.05) is 0 Å². The van der Waals surface area contributed by atoms with Crippen LogP contribution in [-0.4, -0.2) is 35.8 Å². The van der Waals surface area contributed by atoms with Gasteiger partial charge >= 0.3 is 0 Å². The van der Waals surface area contributed by atoms with Crippen molar-refractivity contribution >= 4 is 23.5 Å². The number of carbonyl (C=O) groups excluding carboxylic acids is 1. The minimum Gasteiger partial charge on any atom is -0.497 e. The van der Waals surface area contributed by atoms with Crippen molar-refractivity contribution in [2.75, 3.05) is 25.3 Å². The molecule has 7 nitrogen and oxygen atoms in total. The number of nitrogens with zero attached hydrogens (tertiary/aromatic N) is 1. The molecule has 0 saturated carbocycles. The Morgan fingerprint density at radius 3 is 2.77 bits per heavy atom. The van der Waals surface area contributed by atoms with Crippen molar-refractivity contribution in [1.29, 1.82) is 0 Å². The molecule has 1 aliphatic rings. The van der Waals surface area contributed by atoms with Crippen LogP contribution in [-0.2, 0) is 4.79 Å². The predicted octanol–water partition coefficient (Wildman–Crippen LogP) is 2.76. The molecule has 2 heterocycles. The summed E-state index contributed by atoms with van der Waals surface area (Å²) in [5, 5.41) is 3.24. The molecule has 1 aromatic heterocycles. The van der Waals surface area contributed by atoms with E-state index in [1.54, 1.807) is 32.4 Å². The quantitative estimate of drug-likeness (QED) is 0.596. The molecule has 0 bridgehead atoms. The Bertz CT molecular complexity index is 881. The fourth-order valence-corrected chi connectivity index (χ4v) is 3.71. The second-order valence-corrected chi connectivity index (χ2v) is 6.98. The summed E-state index contributed by atoms with van der Waals surface area (Å²) in [5.41, 5.74) is 0.921. The van der Waals surface area contributed by atoms with E-state index in [0.29, 0.717) is 28.0 Å². The maximum absolute atomic E-state index is 12.8. The zero-order valence-corrected chi connectivity index (χ0v) is 15.7. The summed E-state index contributed by atoms with van der Waals surface area (Å²) in [6.45, 7) is 2.05. The van der Waals surface area contributed by atoms with Gasteiger partial charge < -0.3 is 19.8 Å². The summed E-state index contributed by atoms with van der Waals surface area (Å²) >= 11 is 1.46. The Kier molecular flexibility index (Phi) is 5.51. The van der Waals surface area contributed by atoms with Gasteiger partial charge in [-0.1, -0.05) is 18.7 Å². The molecule has 0 aliphatic carbocycles. The van der Waals surface area contributed by atoms with Gasteiger partial charge in [0.2, 0.25) is 5.91 Å². The molecular formula is C18H21N3O4S. The van der Waals surface area contributed by atoms with Crippen molar-refractivity contribution in [3.63, 3.8) is 0 Å². The van der Waals surface area contributed by atoms with E-state index in [2.05, 4.69) is 22.2 Å². The Morgan fingerprint density at radius 1 is 1.27 bits per heavy atom. The van der Waals surface area contributed by atoms with Gasteiger partial charge in [0.25, 0.3) is 5.56 Å². The van der Waals surface area contributed by atoms with Crippen molar-refractivity contribution < 1.29 is 14.3 Å². The third-order valence-electron chi connectivity index (χ3n) is 4.18. The molecule has 0 fully saturated rings. The summed E-state index contributed by atoms with van der Waals surface area (Å²) in [6.07, 6.45) is 1.10. The van der Waals surface area contributed by atoms with E-state index in [9.17, 15) is 9.59 Å². The number of hydrogen-bond donors (Lipinski definition) is 2. The molecule has 0 radical (unpaired) electrons. The van der Waals surface area contributed by atoms with E-state index >= 15 is 0 Å². The number of carbonyl (C=O) groups is 1. The Balaban J connectivity index is 2.12. The summed E-state index contributed by atoms with van der Waals surface area (Å²) in [4.78, 5) is 32.3. The van der Waals surface area contributed by atoms with Crippen molar-refractivity contribution in [3.8, 4) is 11.5 Å². The number of amides is 1. The second-order valence-electron chi connectivity index (χ2n) is 5.89.